The number of benzene rings is 2. The Balaban J connectivity index is 1.96. The Morgan fingerprint density at radius 2 is 1.45 bits per heavy atom. The Bertz CT molecular complexity index is 610. The summed E-state index contributed by atoms with van der Waals surface area (Å²) in [7, 11) is 0. The van der Waals surface area contributed by atoms with Gasteiger partial charge in [0.15, 0.2) is 18.2 Å². The highest BCUT2D eigenvalue weighted by atomic mass is 16.5. The van der Waals surface area contributed by atoms with Gasteiger partial charge in [0.05, 0.1) is 0 Å². The first-order valence-electron chi connectivity index (χ1n) is 6.40. The molecule has 20 heavy (non-hydrogen) atoms. The second kappa shape index (κ2) is 6.15. The van der Waals surface area contributed by atoms with Crippen molar-refractivity contribution >= 4 is 11.6 Å². The summed E-state index contributed by atoms with van der Waals surface area (Å²) in [6, 6.07) is 14.1. The molecule has 0 saturated carbocycles. The lowest BCUT2D eigenvalue weighted by Crippen LogP contribution is -2.11. The van der Waals surface area contributed by atoms with Gasteiger partial charge in [0.1, 0.15) is 5.75 Å². The van der Waals surface area contributed by atoms with Crippen LogP contribution in [0.25, 0.3) is 0 Å². The average molecular weight is 268 g/mol. The topological polar surface area (TPSA) is 43.4 Å². The number of carbonyl (C=O) groups is 2. The molecule has 102 valence electrons. The fraction of sp³-hybridized carbons (Fsp3) is 0.176. The zero-order chi connectivity index (χ0) is 14.5. The molecule has 0 spiro atoms. The molecule has 0 saturated heterocycles. The number of carbonyl (C=O) groups excluding carboxylic acids is 2. The minimum Gasteiger partial charge on any atom is -0.485 e. The van der Waals surface area contributed by atoms with Gasteiger partial charge in [-0.1, -0.05) is 29.8 Å². The van der Waals surface area contributed by atoms with Gasteiger partial charge < -0.3 is 4.74 Å². The molecule has 3 nitrogen and oxygen atoms in total. The van der Waals surface area contributed by atoms with Crippen molar-refractivity contribution in [3.63, 3.8) is 0 Å². The van der Waals surface area contributed by atoms with Crippen LogP contribution in [-0.4, -0.2) is 18.2 Å². The highest BCUT2D eigenvalue weighted by Gasteiger charge is 2.07. The van der Waals surface area contributed by atoms with Gasteiger partial charge in [0.2, 0.25) is 0 Å². The maximum Gasteiger partial charge on any atom is 0.200 e. The molecule has 2 aromatic rings. The third kappa shape index (κ3) is 3.54. The molecule has 0 fully saturated rings. The van der Waals surface area contributed by atoms with Crippen LogP contribution in [0.3, 0.4) is 0 Å². The van der Waals surface area contributed by atoms with E-state index in [0.29, 0.717) is 16.9 Å². The first-order valence-corrected chi connectivity index (χ1v) is 6.40. The molecule has 2 aromatic carbocycles. The molecule has 0 radical (unpaired) electrons. The van der Waals surface area contributed by atoms with Gasteiger partial charge in [-0.3, -0.25) is 9.59 Å². The standard InChI is InChI=1S/C17H16O3/c1-12-3-5-15(6-4-12)17(19)11-20-16-9-7-14(8-10-16)13(2)18/h3-10H,11H2,1-2H3. The van der Waals surface area contributed by atoms with Gasteiger partial charge in [0, 0.05) is 11.1 Å². The smallest absolute Gasteiger partial charge is 0.200 e. The summed E-state index contributed by atoms with van der Waals surface area (Å²) >= 11 is 0. The number of ketones is 2. The van der Waals surface area contributed by atoms with Gasteiger partial charge in [-0.25, -0.2) is 0 Å². The molecule has 0 aliphatic rings. The molecule has 0 aromatic heterocycles. The summed E-state index contributed by atoms with van der Waals surface area (Å²) in [5.41, 5.74) is 2.38. The number of rotatable bonds is 5. The van der Waals surface area contributed by atoms with E-state index < -0.39 is 0 Å². The molecule has 0 heterocycles. The molecule has 0 aliphatic carbocycles. The van der Waals surface area contributed by atoms with Crippen LogP contribution >= 0.6 is 0 Å². The van der Waals surface area contributed by atoms with E-state index in [4.69, 9.17) is 4.74 Å². The van der Waals surface area contributed by atoms with E-state index in [2.05, 4.69) is 0 Å². The lowest BCUT2D eigenvalue weighted by molar-refractivity contribution is 0.0920. The fourth-order valence-corrected chi connectivity index (χ4v) is 1.76. The normalized spacial score (nSPS) is 10.1. The number of hydrogen-bond acceptors (Lipinski definition) is 3. The molecular formula is C17H16O3. The Morgan fingerprint density at radius 1 is 0.900 bits per heavy atom. The second-order valence-electron chi connectivity index (χ2n) is 4.66. The van der Waals surface area contributed by atoms with E-state index in [1.807, 2.05) is 19.1 Å². The van der Waals surface area contributed by atoms with Gasteiger partial charge >= 0.3 is 0 Å². The largest absolute Gasteiger partial charge is 0.485 e. The van der Waals surface area contributed by atoms with Crippen molar-refractivity contribution in [1.82, 2.24) is 0 Å². The molecule has 0 amide bonds. The third-order valence-corrected chi connectivity index (χ3v) is 3.00. The van der Waals surface area contributed by atoms with Crippen LogP contribution in [0, 0.1) is 6.92 Å². The zero-order valence-corrected chi connectivity index (χ0v) is 11.6. The van der Waals surface area contributed by atoms with Gasteiger partial charge in [-0.15, -0.1) is 0 Å². The summed E-state index contributed by atoms with van der Waals surface area (Å²) in [6.45, 7) is 3.47. The van der Waals surface area contributed by atoms with E-state index in [-0.39, 0.29) is 18.2 Å². The highest BCUT2D eigenvalue weighted by Crippen LogP contribution is 2.13. The van der Waals surface area contributed by atoms with E-state index in [9.17, 15) is 9.59 Å². The van der Waals surface area contributed by atoms with Crippen molar-refractivity contribution in [3.8, 4) is 5.75 Å². The van der Waals surface area contributed by atoms with Gasteiger partial charge in [0.25, 0.3) is 0 Å². The van der Waals surface area contributed by atoms with Crippen LogP contribution in [0.5, 0.6) is 5.75 Å². The van der Waals surface area contributed by atoms with Gasteiger partial charge in [-0.05, 0) is 38.1 Å². The van der Waals surface area contributed by atoms with Crippen molar-refractivity contribution in [3.05, 3.63) is 65.2 Å². The van der Waals surface area contributed by atoms with Crippen molar-refractivity contribution in [2.24, 2.45) is 0 Å². The molecule has 2 rings (SSSR count). The predicted octanol–water partition coefficient (Wildman–Crippen LogP) is 3.46. The summed E-state index contributed by atoms with van der Waals surface area (Å²) in [6.07, 6.45) is 0. The van der Waals surface area contributed by atoms with Crippen LogP contribution in [0.4, 0.5) is 0 Å². The minimum absolute atomic E-state index is 0.00674. The molecule has 3 heteroatoms. The van der Waals surface area contributed by atoms with Crippen LogP contribution in [0.2, 0.25) is 0 Å². The van der Waals surface area contributed by atoms with Crippen LogP contribution in [-0.2, 0) is 0 Å². The Morgan fingerprint density at radius 3 is 2.00 bits per heavy atom. The molecule has 0 unspecified atom stereocenters. The van der Waals surface area contributed by atoms with Crippen molar-refractivity contribution in [2.75, 3.05) is 6.61 Å². The first kappa shape index (κ1) is 14.0. The maximum atomic E-state index is 11.9. The van der Waals surface area contributed by atoms with Crippen molar-refractivity contribution in [2.45, 2.75) is 13.8 Å². The third-order valence-electron chi connectivity index (χ3n) is 3.00. The average Bonchev–Trinajstić information content (AvgIpc) is 2.46. The van der Waals surface area contributed by atoms with Crippen molar-refractivity contribution in [1.29, 1.82) is 0 Å². The molecule has 0 N–H and O–H groups in total. The predicted molar refractivity (Wildman–Crippen MR) is 77.5 cm³/mol. The van der Waals surface area contributed by atoms with E-state index >= 15 is 0 Å². The lowest BCUT2D eigenvalue weighted by Gasteiger charge is -2.06. The van der Waals surface area contributed by atoms with Crippen LogP contribution < -0.4 is 4.74 Å². The lowest BCUT2D eigenvalue weighted by atomic mass is 10.1. The quantitative estimate of drug-likeness (QED) is 0.780. The summed E-state index contributed by atoms with van der Waals surface area (Å²) in [5, 5.41) is 0. The Labute approximate surface area is 118 Å². The van der Waals surface area contributed by atoms with E-state index in [1.54, 1.807) is 36.4 Å². The first-order chi connectivity index (χ1) is 9.56. The highest BCUT2D eigenvalue weighted by molar-refractivity contribution is 5.97. The van der Waals surface area contributed by atoms with Gasteiger partial charge in [-0.2, -0.15) is 0 Å². The number of hydrogen-bond donors (Lipinski definition) is 0. The second-order valence-corrected chi connectivity index (χ2v) is 4.66. The fourth-order valence-electron chi connectivity index (χ4n) is 1.76. The summed E-state index contributed by atoms with van der Waals surface area (Å²) in [5.74, 6) is 0.517. The zero-order valence-electron chi connectivity index (χ0n) is 11.6. The Hall–Kier alpha value is -2.42. The summed E-state index contributed by atoms with van der Waals surface area (Å²) < 4.78 is 5.43. The molecule has 0 aliphatic heterocycles. The number of aryl methyl sites for hydroxylation is 1. The van der Waals surface area contributed by atoms with Crippen LogP contribution in [0.1, 0.15) is 33.2 Å². The number of Topliss-reactive ketones (excluding diaryl/α,β-unsaturated/α-hetero) is 2. The van der Waals surface area contributed by atoms with E-state index in [0.717, 1.165) is 5.56 Å². The Kier molecular flexibility index (Phi) is 4.31. The number of ether oxygens (including phenoxy) is 1. The SMILES string of the molecule is CC(=O)c1ccc(OCC(=O)c2ccc(C)cc2)cc1. The molecule has 0 bridgehead atoms. The van der Waals surface area contributed by atoms with E-state index in [1.165, 1.54) is 6.92 Å². The molecule has 0 atom stereocenters. The van der Waals surface area contributed by atoms with Crippen molar-refractivity contribution < 1.29 is 14.3 Å². The minimum atomic E-state index is -0.0688. The maximum absolute atomic E-state index is 11.9. The van der Waals surface area contributed by atoms with Crippen LogP contribution in [0.15, 0.2) is 48.5 Å². The monoisotopic (exact) mass is 268 g/mol. The summed E-state index contributed by atoms with van der Waals surface area (Å²) in [4.78, 5) is 23.1. The molecular weight excluding hydrogens is 252 g/mol.